The molecule has 0 unspecified atom stereocenters. The highest BCUT2D eigenvalue weighted by Gasteiger charge is 2.48. The van der Waals surface area contributed by atoms with E-state index in [1.165, 1.54) is 0 Å². The molecular formula is C17H20ClNO4. The van der Waals surface area contributed by atoms with E-state index in [1.807, 2.05) is 24.3 Å². The van der Waals surface area contributed by atoms with Crippen LogP contribution in [0.3, 0.4) is 0 Å². The molecule has 2 N–H and O–H groups in total. The highest BCUT2D eigenvalue weighted by Crippen LogP contribution is 2.40. The van der Waals surface area contributed by atoms with E-state index in [0.29, 0.717) is 31.2 Å². The normalized spacial score (nSPS) is 25.6. The second-order valence-corrected chi connectivity index (χ2v) is 6.78. The van der Waals surface area contributed by atoms with Gasteiger partial charge in [0.05, 0.1) is 11.8 Å². The molecule has 0 radical (unpaired) electrons. The number of carboxylic acid groups (broad SMARTS) is 1. The van der Waals surface area contributed by atoms with Crippen molar-refractivity contribution in [2.45, 2.75) is 24.7 Å². The Balaban J connectivity index is 1.72. The lowest BCUT2D eigenvalue weighted by molar-refractivity contribution is -0.140. The molecule has 1 aromatic rings. The Bertz CT molecular complexity index is 612. The number of ether oxygens (including phenoxy) is 1. The third-order valence-electron chi connectivity index (χ3n) is 4.94. The summed E-state index contributed by atoms with van der Waals surface area (Å²) in [5, 5.41) is 12.6. The monoisotopic (exact) mass is 337 g/mol. The van der Waals surface area contributed by atoms with Gasteiger partial charge in [-0.1, -0.05) is 29.8 Å². The van der Waals surface area contributed by atoms with Crippen molar-refractivity contribution in [1.29, 1.82) is 0 Å². The van der Waals surface area contributed by atoms with E-state index in [1.54, 1.807) is 0 Å². The molecule has 0 bridgehead atoms. The Morgan fingerprint density at radius 2 is 1.96 bits per heavy atom. The van der Waals surface area contributed by atoms with Crippen LogP contribution in [-0.4, -0.2) is 36.7 Å². The van der Waals surface area contributed by atoms with Crippen molar-refractivity contribution in [1.82, 2.24) is 5.32 Å². The third kappa shape index (κ3) is 3.35. The van der Waals surface area contributed by atoms with Crippen molar-refractivity contribution < 1.29 is 19.4 Å². The molecule has 23 heavy (non-hydrogen) atoms. The summed E-state index contributed by atoms with van der Waals surface area (Å²) in [7, 11) is 0. The van der Waals surface area contributed by atoms with Crippen molar-refractivity contribution in [3.8, 4) is 0 Å². The van der Waals surface area contributed by atoms with Crippen molar-refractivity contribution in [2.75, 3.05) is 19.8 Å². The van der Waals surface area contributed by atoms with E-state index in [4.69, 9.17) is 21.4 Å². The topological polar surface area (TPSA) is 75.6 Å². The van der Waals surface area contributed by atoms with Gasteiger partial charge in [-0.3, -0.25) is 9.59 Å². The molecule has 2 atom stereocenters. The van der Waals surface area contributed by atoms with Crippen molar-refractivity contribution >= 4 is 23.5 Å². The van der Waals surface area contributed by atoms with Crippen LogP contribution in [0.2, 0.25) is 5.02 Å². The van der Waals surface area contributed by atoms with Crippen LogP contribution in [0.1, 0.15) is 24.8 Å². The second kappa shape index (κ2) is 6.49. The van der Waals surface area contributed by atoms with Crippen molar-refractivity contribution in [2.24, 2.45) is 11.8 Å². The third-order valence-corrected chi connectivity index (χ3v) is 5.27. The molecule has 124 valence electrons. The number of carbonyl (C=O) groups is 2. The molecule has 1 saturated heterocycles. The average Bonchev–Trinajstić information content (AvgIpc) is 3.35. The molecule has 0 spiro atoms. The lowest BCUT2D eigenvalue weighted by Gasteiger charge is -2.38. The molecular weight excluding hydrogens is 318 g/mol. The molecule has 1 heterocycles. The lowest BCUT2D eigenvalue weighted by atomic mass is 9.74. The van der Waals surface area contributed by atoms with Gasteiger partial charge in [-0.25, -0.2) is 0 Å². The lowest BCUT2D eigenvalue weighted by Crippen LogP contribution is -2.45. The average molecular weight is 338 g/mol. The minimum Gasteiger partial charge on any atom is -0.481 e. The number of amides is 1. The SMILES string of the molecule is O=C(NCC1(c2ccccc2Cl)CCOCC1)[C@H]1C[C@H]1C(=O)O. The molecule has 1 aromatic carbocycles. The smallest absolute Gasteiger partial charge is 0.307 e. The predicted molar refractivity (Wildman–Crippen MR) is 85.4 cm³/mol. The summed E-state index contributed by atoms with van der Waals surface area (Å²) in [6.45, 7) is 1.71. The minimum absolute atomic E-state index is 0.171. The molecule has 2 fully saturated rings. The molecule has 5 nitrogen and oxygen atoms in total. The Labute approximate surface area is 140 Å². The minimum atomic E-state index is -0.892. The van der Waals surface area contributed by atoms with Crippen LogP contribution < -0.4 is 5.32 Å². The van der Waals surface area contributed by atoms with E-state index >= 15 is 0 Å². The van der Waals surface area contributed by atoms with E-state index in [2.05, 4.69) is 5.32 Å². The molecule has 0 aromatic heterocycles. The van der Waals surface area contributed by atoms with Crippen LogP contribution in [-0.2, 0) is 19.7 Å². The predicted octanol–water partition coefficient (Wildman–Crippen LogP) is 2.23. The molecule has 1 saturated carbocycles. The van der Waals surface area contributed by atoms with Crippen LogP contribution in [0.15, 0.2) is 24.3 Å². The fourth-order valence-electron chi connectivity index (χ4n) is 3.34. The van der Waals surface area contributed by atoms with Gasteiger partial charge in [-0.15, -0.1) is 0 Å². The van der Waals surface area contributed by atoms with Crippen molar-refractivity contribution in [3.05, 3.63) is 34.9 Å². The van der Waals surface area contributed by atoms with Crippen LogP contribution in [0.5, 0.6) is 0 Å². The van der Waals surface area contributed by atoms with E-state index in [-0.39, 0.29) is 11.3 Å². The molecule has 1 amide bonds. The molecule has 6 heteroatoms. The fourth-order valence-corrected chi connectivity index (χ4v) is 3.68. The van der Waals surface area contributed by atoms with Gasteiger partial charge in [0.25, 0.3) is 0 Å². The highest BCUT2D eigenvalue weighted by molar-refractivity contribution is 6.31. The Hall–Kier alpha value is -1.59. The van der Waals surface area contributed by atoms with E-state index in [0.717, 1.165) is 18.4 Å². The fraction of sp³-hybridized carbons (Fsp3) is 0.529. The number of carbonyl (C=O) groups excluding carboxylic acids is 1. The number of aliphatic carboxylic acids is 1. The highest BCUT2D eigenvalue weighted by atomic mass is 35.5. The summed E-state index contributed by atoms with van der Waals surface area (Å²) in [6.07, 6.45) is 2.00. The zero-order chi connectivity index (χ0) is 16.4. The maximum absolute atomic E-state index is 12.2. The van der Waals surface area contributed by atoms with Gasteiger partial charge in [0.15, 0.2) is 0 Å². The van der Waals surface area contributed by atoms with Crippen molar-refractivity contribution in [3.63, 3.8) is 0 Å². The van der Waals surface area contributed by atoms with Gasteiger partial charge >= 0.3 is 5.97 Å². The van der Waals surface area contributed by atoms with Gasteiger partial charge in [0.1, 0.15) is 0 Å². The number of benzene rings is 1. The van der Waals surface area contributed by atoms with Crippen LogP contribution >= 0.6 is 11.6 Å². The first kappa shape index (κ1) is 16.3. The summed E-state index contributed by atoms with van der Waals surface area (Å²) >= 11 is 6.37. The van der Waals surface area contributed by atoms with Gasteiger partial charge in [0.2, 0.25) is 5.91 Å². The second-order valence-electron chi connectivity index (χ2n) is 6.38. The van der Waals surface area contributed by atoms with E-state index in [9.17, 15) is 9.59 Å². The largest absolute Gasteiger partial charge is 0.481 e. The number of halogens is 1. The van der Waals surface area contributed by atoms with Gasteiger partial charge in [0, 0.05) is 30.2 Å². The number of nitrogens with one attached hydrogen (secondary N) is 1. The summed E-state index contributed by atoms with van der Waals surface area (Å²) in [4.78, 5) is 23.1. The maximum atomic E-state index is 12.2. The summed E-state index contributed by atoms with van der Waals surface area (Å²) in [6, 6.07) is 7.69. The first-order valence-electron chi connectivity index (χ1n) is 7.87. The summed E-state index contributed by atoms with van der Waals surface area (Å²) in [5.74, 6) is -1.98. The first-order valence-corrected chi connectivity index (χ1v) is 8.24. The zero-order valence-electron chi connectivity index (χ0n) is 12.8. The molecule has 2 aliphatic rings. The van der Waals surface area contributed by atoms with Gasteiger partial charge < -0.3 is 15.2 Å². The number of hydrogen-bond donors (Lipinski definition) is 2. The standard InChI is InChI=1S/C17H20ClNO4/c18-14-4-2-1-3-13(14)17(5-7-23-8-6-17)10-19-15(20)11-9-12(11)16(21)22/h1-4,11-12H,5-10H2,(H,19,20)(H,21,22)/t11-,12+/m0/s1. The van der Waals surface area contributed by atoms with Gasteiger partial charge in [-0.05, 0) is 30.9 Å². The molecule has 1 aliphatic carbocycles. The Morgan fingerprint density at radius 1 is 1.26 bits per heavy atom. The van der Waals surface area contributed by atoms with Crippen LogP contribution in [0.4, 0.5) is 0 Å². The van der Waals surface area contributed by atoms with E-state index < -0.39 is 17.8 Å². The number of carboxylic acids is 1. The van der Waals surface area contributed by atoms with Crippen LogP contribution in [0, 0.1) is 11.8 Å². The quantitative estimate of drug-likeness (QED) is 0.864. The van der Waals surface area contributed by atoms with Crippen LogP contribution in [0.25, 0.3) is 0 Å². The first-order chi connectivity index (χ1) is 11.0. The van der Waals surface area contributed by atoms with Gasteiger partial charge in [-0.2, -0.15) is 0 Å². The summed E-state index contributed by atoms with van der Waals surface area (Å²) < 4.78 is 5.47. The number of rotatable bonds is 5. The Kier molecular flexibility index (Phi) is 4.60. The molecule has 1 aliphatic heterocycles. The zero-order valence-corrected chi connectivity index (χ0v) is 13.5. The Morgan fingerprint density at radius 3 is 2.57 bits per heavy atom. The number of hydrogen-bond acceptors (Lipinski definition) is 3. The summed E-state index contributed by atoms with van der Waals surface area (Å²) in [5.41, 5.74) is 0.774. The maximum Gasteiger partial charge on any atom is 0.307 e. The molecule has 3 rings (SSSR count).